The van der Waals surface area contributed by atoms with Gasteiger partial charge in [0.15, 0.2) is 0 Å². The summed E-state index contributed by atoms with van der Waals surface area (Å²) in [5, 5.41) is 0. The molecule has 1 saturated carbocycles. The Kier molecular flexibility index (Phi) is 5.69. The molecule has 1 fully saturated rings. The van der Waals surface area contributed by atoms with Crippen molar-refractivity contribution in [2.24, 2.45) is 5.92 Å². The molecule has 5 nitrogen and oxygen atoms in total. The van der Waals surface area contributed by atoms with Crippen LogP contribution in [0.1, 0.15) is 32.6 Å². The predicted octanol–water partition coefficient (Wildman–Crippen LogP) is 1.14. The standard InChI is InChI=1S/C11H22ClNO4S2/c1-10-4-3-5-11(8-10,9-12)13-19(16,17)7-6-18(2,14)15/h10,13H,3-9H2,1-2H3. The molecule has 0 aliphatic heterocycles. The number of rotatable bonds is 6. The minimum absolute atomic E-state index is 0.218. The van der Waals surface area contributed by atoms with Crippen molar-refractivity contribution in [3.05, 3.63) is 0 Å². The molecule has 19 heavy (non-hydrogen) atoms. The van der Waals surface area contributed by atoms with E-state index in [2.05, 4.69) is 11.6 Å². The van der Waals surface area contributed by atoms with Gasteiger partial charge in [-0.15, -0.1) is 11.6 Å². The van der Waals surface area contributed by atoms with Crippen LogP contribution in [0.4, 0.5) is 0 Å². The number of sulfonamides is 1. The Morgan fingerprint density at radius 2 is 1.89 bits per heavy atom. The minimum Gasteiger partial charge on any atom is -0.229 e. The molecule has 2 atom stereocenters. The lowest BCUT2D eigenvalue weighted by Gasteiger charge is -2.39. The molecule has 2 unspecified atom stereocenters. The molecule has 0 aromatic carbocycles. The van der Waals surface area contributed by atoms with E-state index in [9.17, 15) is 16.8 Å². The first-order chi connectivity index (χ1) is 8.58. The summed E-state index contributed by atoms with van der Waals surface area (Å²) in [5.41, 5.74) is -0.616. The number of nitrogens with one attached hydrogen (secondary N) is 1. The Hall–Kier alpha value is 0.150. The molecular formula is C11H22ClNO4S2. The lowest BCUT2D eigenvalue weighted by atomic mass is 9.78. The Morgan fingerprint density at radius 1 is 1.26 bits per heavy atom. The maximum absolute atomic E-state index is 12.0. The Morgan fingerprint density at radius 3 is 2.37 bits per heavy atom. The molecule has 0 amide bonds. The first-order valence-electron chi connectivity index (χ1n) is 6.33. The largest absolute Gasteiger partial charge is 0.229 e. The molecule has 1 N–H and O–H groups in total. The molecule has 8 heteroatoms. The van der Waals surface area contributed by atoms with E-state index < -0.39 is 31.2 Å². The highest BCUT2D eigenvalue weighted by molar-refractivity contribution is 7.93. The van der Waals surface area contributed by atoms with E-state index >= 15 is 0 Å². The fraction of sp³-hybridized carbons (Fsp3) is 1.00. The number of alkyl halides is 1. The summed E-state index contributed by atoms with van der Waals surface area (Å²) in [6.45, 7) is 2.07. The van der Waals surface area contributed by atoms with Crippen molar-refractivity contribution in [3.63, 3.8) is 0 Å². The first-order valence-corrected chi connectivity index (χ1v) is 10.6. The molecule has 0 aromatic heterocycles. The summed E-state index contributed by atoms with van der Waals surface area (Å²) in [7, 11) is -6.91. The zero-order valence-corrected chi connectivity index (χ0v) is 13.7. The summed E-state index contributed by atoms with van der Waals surface area (Å²) >= 11 is 5.95. The van der Waals surface area contributed by atoms with Crippen molar-refractivity contribution in [1.29, 1.82) is 0 Å². The zero-order chi connectivity index (χ0) is 14.7. The SMILES string of the molecule is CC1CCCC(CCl)(NS(=O)(=O)CCS(C)(=O)=O)C1. The summed E-state index contributed by atoms with van der Waals surface area (Å²) in [6, 6.07) is 0. The molecule has 1 aliphatic rings. The average molecular weight is 332 g/mol. The van der Waals surface area contributed by atoms with Crippen LogP contribution in [0.2, 0.25) is 0 Å². The van der Waals surface area contributed by atoms with Gasteiger partial charge in [-0.2, -0.15) is 0 Å². The van der Waals surface area contributed by atoms with Crippen LogP contribution in [-0.4, -0.2) is 46.0 Å². The monoisotopic (exact) mass is 331 g/mol. The Bertz CT molecular complexity index is 503. The van der Waals surface area contributed by atoms with Crippen LogP contribution in [-0.2, 0) is 19.9 Å². The van der Waals surface area contributed by atoms with Crippen LogP contribution in [0.3, 0.4) is 0 Å². The van der Waals surface area contributed by atoms with Gasteiger partial charge in [0, 0.05) is 17.7 Å². The molecule has 0 saturated heterocycles. The van der Waals surface area contributed by atoms with E-state index in [1.165, 1.54) is 0 Å². The summed E-state index contributed by atoms with van der Waals surface area (Å²) in [4.78, 5) is 0. The van der Waals surface area contributed by atoms with Gasteiger partial charge in [0.05, 0.1) is 11.5 Å². The van der Waals surface area contributed by atoms with Crippen LogP contribution in [0.15, 0.2) is 0 Å². The van der Waals surface area contributed by atoms with Crippen molar-refractivity contribution < 1.29 is 16.8 Å². The topological polar surface area (TPSA) is 80.3 Å². The van der Waals surface area contributed by atoms with E-state index in [1.54, 1.807) is 0 Å². The third-order valence-electron chi connectivity index (χ3n) is 3.44. The van der Waals surface area contributed by atoms with E-state index in [1.807, 2.05) is 0 Å². The molecule has 0 spiro atoms. The van der Waals surface area contributed by atoms with Crippen LogP contribution >= 0.6 is 11.6 Å². The number of hydrogen-bond donors (Lipinski definition) is 1. The molecular weight excluding hydrogens is 310 g/mol. The lowest BCUT2D eigenvalue weighted by Crippen LogP contribution is -2.53. The van der Waals surface area contributed by atoms with Crippen LogP contribution < -0.4 is 4.72 Å². The third-order valence-corrected chi connectivity index (χ3v) is 6.64. The maximum Gasteiger partial charge on any atom is 0.213 e. The van der Waals surface area contributed by atoms with E-state index in [0.29, 0.717) is 18.8 Å². The van der Waals surface area contributed by atoms with Gasteiger partial charge in [-0.05, 0) is 18.8 Å². The molecule has 0 bridgehead atoms. The minimum atomic E-state index is -3.62. The highest BCUT2D eigenvalue weighted by Gasteiger charge is 2.37. The van der Waals surface area contributed by atoms with Gasteiger partial charge in [-0.3, -0.25) is 0 Å². The van der Waals surface area contributed by atoms with Crippen molar-refractivity contribution in [2.75, 3.05) is 23.6 Å². The smallest absolute Gasteiger partial charge is 0.213 e. The van der Waals surface area contributed by atoms with Crippen molar-refractivity contribution in [2.45, 2.75) is 38.1 Å². The van der Waals surface area contributed by atoms with Crippen LogP contribution in [0.25, 0.3) is 0 Å². The second-order valence-electron chi connectivity index (χ2n) is 5.67. The van der Waals surface area contributed by atoms with Crippen LogP contribution in [0, 0.1) is 5.92 Å². The summed E-state index contributed by atoms with van der Waals surface area (Å²) in [5.74, 6) is -0.130. The fourth-order valence-corrected chi connectivity index (χ4v) is 6.04. The van der Waals surface area contributed by atoms with Gasteiger partial charge in [-0.1, -0.05) is 19.8 Å². The molecule has 1 rings (SSSR count). The van der Waals surface area contributed by atoms with Crippen molar-refractivity contribution >= 4 is 31.5 Å². The van der Waals surface area contributed by atoms with E-state index in [0.717, 1.165) is 19.1 Å². The Balaban J connectivity index is 2.74. The van der Waals surface area contributed by atoms with Gasteiger partial charge in [0.1, 0.15) is 9.84 Å². The molecule has 1 aliphatic carbocycles. The lowest BCUT2D eigenvalue weighted by molar-refractivity contribution is 0.239. The maximum atomic E-state index is 12.0. The number of hydrogen-bond acceptors (Lipinski definition) is 4. The van der Waals surface area contributed by atoms with E-state index in [4.69, 9.17) is 11.6 Å². The van der Waals surface area contributed by atoms with Gasteiger partial charge in [-0.25, -0.2) is 21.6 Å². The average Bonchev–Trinajstić information content (AvgIpc) is 2.25. The van der Waals surface area contributed by atoms with Gasteiger partial charge in [0.2, 0.25) is 10.0 Å². The van der Waals surface area contributed by atoms with Gasteiger partial charge < -0.3 is 0 Å². The molecule has 0 radical (unpaired) electrons. The first kappa shape index (κ1) is 17.2. The Labute approximate surface area is 121 Å². The van der Waals surface area contributed by atoms with Crippen molar-refractivity contribution in [1.82, 2.24) is 4.72 Å². The highest BCUT2D eigenvalue weighted by atomic mass is 35.5. The third kappa shape index (κ3) is 5.97. The summed E-state index contributed by atoms with van der Waals surface area (Å²) in [6.07, 6.45) is 4.45. The normalized spacial score (nSPS) is 29.3. The zero-order valence-electron chi connectivity index (χ0n) is 11.4. The highest BCUT2D eigenvalue weighted by Crippen LogP contribution is 2.33. The molecule has 0 heterocycles. The van der Waals surface area contributed by atoms with Gasteiger partial charge in [0.25, 0.3) is 0 Å². The number of halogens is 1. The fourth-order valence-electron chi connectivity index (χ4n) is 2.54. The second-order valence-corrected chi connectivity index (χ2v) is 10.0. The van der Waals surface area contributed by atoms with Gasteiger partial charge >= 0.3 is 0 Å². The second kappa shape index (κ2) is 6.28. The van der Waals surface area contributed by atoms with Crippen molar-refractivity contribution in [3.8, 4) is 0 Å². The quantitative estimate of drug-likeness (QED) is 0.740. The predicted molar refractivity (Wildman–Crippen MR) is 77.7 cm³/mol. The summed E-state index contributed by atoms with van der Waals surface area (Å²) < 4.78 is 48.7. The van der Waals surface area contributed by atoms with E-state index in [-0.39, 0.29) is 11.6 Å². The van der Waals surface area contributed by atoms with Crippen LogP contribution in [0.5, 0.6) is 0 Å². The number of sulfone groups is 1. The molecule has 0 aromatic rings. The molecule has 114 valence electrons.